The second kappa shape index (κ2) is 12.3. The van der Waals surface area contributed by atoms with E-state index in [-0.39, 0.29) is 22.5 Å². The number of anilines is 3. The smallest absolute Gasteiger partial charge is 0.307 e. The number of aliphatic carboxylic acids is 1. The number of carboxylic acids is 1. The summed E-state index contributed by atoms with van der Waals surface area (Å²) < 4.78 is 41.2. The molecule has 0 radical (unpaired) electrons. The number of benzene rings is 3. The van der Waals surface area contributed by atoms with Gasteiger partial charge in [-0.05, 0) is 67.3 Å². The Hall–Kier alpha value is -4.87. The Balaban J connectivity index is 1.48. The summed E-state index contributed by atoms with van der Waals surface area (Å²) in [5.41, 5.74) is 1.77. The highest BCUT2D eigenvalue weighted by molar-refractivity contribution is 6.13. The second-order valence-corrected chi connectivity index (χ2v) is 10.00. The lowest BCUT2D eigenvalue weighted by Gasteiger charge is -2.30. The Labute approximate surface area is 238 Å². The van der Waals surface area contributed by atoms with Gasteiger partial charge in [-0.2, -0.15) is 5.10 Å². The first-order chi connectivity index (χ1) is 20.2. The van der Waals surface area contributed by atoms with Crippen LogP contribution in [0.25, 0.3) is 10.9 Å². The number of carbonyl (C=O) groups is 3. The van der Waals surface area contributed by atoms with Gasteiger partial charge in [0.15, 0.2) is 5.69 Å². The molecular formula is C30H28F3N5O4. The number of para-hydroxylation sites is 1. The van der Waals surface area contributed by atoms with Crippen molar-refractivity contribution in [3.05, 3.63) is 83.3 Å². The fraction of sp³-hybridized carbons (Fsp3) is 0.267. The van der Waals surface area contributed by atoms with Crippen molar-refractivity contribution < 1.29 is 32.7 Å². The van der Waals surface area contributed by atoms with Crippen LogP contribution in [0, 0.1) is 5.82 Å². The van der Waals surface area contributed by atoms with E-state index in [4.69, 9.17) is 0 Å². The first kappa shape index (κ1) is 28.7. The minimum Gasteiger partial charge on any atom is -0.481 e. The number of rotatable bonds is 9. The van der Waals surface area contributed by atoms with Crippen LogP contribution in [0.15, 0.2) is 60.7 Å². The number of amides is 2. The summed E-state index contributed by atoms with van der Waals surface area (Å²) in [6.07, 6.45) is -0.177. The Morgan fingerprint density at radius 2 is 1.64 bits per heavy atom. The molecule has 1 aliphatic rings. The number of nitrogens with zero attached hydrogens (tertiary/aromatic N) is 3. The molecule has 2 amide bonds. The van der Waals surface area contributed by atoms with Crippen molar-refractivity contribution in [2.45, 2.75) is 38.7 Å². The minimum absolute atomic E-state index is 0.0321. The molecule has 0 spiro atoms. The molecule has 9 nitrogen and oxygen atoms in total. The zero-order valence-electron chi connectivity index (χ0n) is 22.4. The molecule has 0 aliphatic carbocycles. The van der Waals surface area contributed by atoms with Gasteiger partial charge in [0.05, 0.1) is 23.3 Å². The molecule has 1 saturated heterocycles. The van der Waals surface area contributed by atoms with Gasteiger partial charge < -0.3 is 20.6 Å². The number of hydrogen-bond acceptors (Lipinski definition) is 5. The van der Waals surface area contributed by atoms with Crippen LogP contribution in [0.2, 0.25) is 0 Å². The number of halogens is 3. The summed E-state index contributed by atoms with van der Waals surface area (Å²) in [4.78, 5) is 40.1. The van der Waals surface area contributed by atoms with Gasteiger partial charge in [0.25, 0.3) is 18.2 Å². The molecular weight excluding hydrogens is 551 g/mol. The van der Waals surface area contributed by atoms with Crippen molar-refractivity contribution in [1.82, 2.24) is 9.78 Å². The Kier molecular flexibility index (Phi) is 8.41. The van der Waals surface area contributed by atoms with Crippen molar-refractivity contribution in [3.8, 4) is 0 Å². The SMILES string of the molecule is O=C(O)Cc1cc(F)ccc1NC(=O)c1ccc(N2CCCCC2)c(NC(=O)c2nn(CC(F)F)c3ccccc23)c1. The molecule has 3 aromatic carbocycles. The monoisotopic (exact) mass is 579 g/mol. The molecule has 1 aliphatic heterocycles. The molecule has 1 aromatic heterocycles. The number of piperidine rings is 1. The molecule has 0 saturated carbocycles. The van der Waals surface area contributed by atoms with Gasteiger partial charge in [0.1, 0.15) is 12.4 Å². The second-order valence-electron chi connectivity index (χ2n) is 10.00. The molecule has 2 heterocycles. The molecule has 0 bridgehead atoms. The van der Waals surface area contributed by atoms with Gasteiger partial charge in [0, 0.05) is 29.7 Å². The fourth-order valence-electron chi connectivity index (χ4n) is 5.12. The van der Waals surface area contributed by atoms with Crippen LogP contribution in [0.3, 0.4) is 0 Å². The van der Waals surface area contributed by atoms with Crippen molar-refractivity contribution in [2.24, 2.45) is 0 Å². The van der Waals surface area contributed by atoms with Crippen molar-refractivity contribution in [2.75, 3.05) is 28.6 Å². The third-order valence-electron chi connectivity index (χ3n) is 7.04. The fourth-order valence-corrected chi connectivity index (χ4v) is 5.12. The lowest BCUT2D eigenvalue weighted by atomic mass is 10.1. The van der Waals surface area contributed by atoms with Crippen LogP contribution in [-0.4, -0.2) is 52.2 Å². The Morgan fingerprint density at radius 3 is 2.38 bits per heavy atom. The van der Waals surface area contributed by atoms with Crippen LogP contribution >= 0.6 is 0 Å². The van der Waals surface area contributed by atoms with Crippen LogP contribution in [-0.2, 0) is 17.8 Å². The topological polar surface area (TPSA) is 117 Å². The van der Waals surface area contributed by atoms with E-state index in [9.17, 15) is 32.7 Å². The number of fused-ring (bicyclic) bond motifs is 1. The maximum absolute atomic E-state index is 13.8. The predicted octanol–water partition coefficient (Wildman–Crippen LogP) is 5.56. The molecule has 218 valence electrons. The lowest BCUT2D eigenvalue weighted by Crippen LogP contribution is -2.30. The zero-order chi connectivity index (χ0) is 29.8. The molecule has 4 aromatic rings. The van der Waals surface area contributed by atoms with Crippen LogP contribution in [0.5, 0.6) is 0 Å². The van der Waals surface area contributed by atoms with Gasteiger partial charge in [-0.25, -0.2) is 13.2 Å². The maximum atomic E-state index is 13.8. The van der Waals surface area contributed by atoms with Crippen molar-refractivity contribution in [3.63, 3.8) is 0 Å². The maximum Gasteiger partial charge on any atom is 0.307 e. The van der Waals surface area contributed by atoms with E-state index >= 15 is 0 Å². The van der Waals surface area contributed by atoms with E-state index in [1.54, 1.807) is 36.4 Å². The van der Waals surface area contributed by atoms with E-state index in [1.165, 1.54) is 12.1 Å². The molecule has 1 fully saturated rings. The number of carboxylic acid groups (broad SMARTS) is 1. The third kappa shape index (κ3) is 6.37. The number of nitrogens with one attached hydrogen (secondary N) is 2. The van der Waals surface area contributed by atoms with Gasteiger partial charge in [0.2, 0.25) is 0 Å². The van der Waals surface area contributed by atoms with E-state index in [0.717, 1.165) is 49.2 Å². The van der Waals surface area contributed by atoms with E-state index in [2.05, 4.69) is 20.6 Å². The standard InChI is InChI=1S/C30H28F3N5O4/c31-20-9-10-22(19(14-20)16-27(39)40)34-29(41)18-8-11-25(37-12-4-1-5-13-37)23(15-18)35-30(42)28-21-6-2-3-7-24(21)38(36-28)17-26(32)33/h2-3,6-11,14-15,26H,1,4-5,12-13,16-17H2,(H,34,41)(H,35,42)(H,39,40). The largest absolute Gasteiger partial charge is 0.481 e. The summed E-state index contributed by atoms with van der Waals surface area (Å²) >= 11 is 0. The first-order valence-electron chi connectivity index (χ1n) is 13.4. The summed E-state index contributed by atoms with van der Waals surface area (Å²) in [5.74, 6) is -3.04. The minimum atomic E-state index is -2.66. The van der Waals surface area contributed by atoms with E-state index < -0.39 is 43.0 Å². The van der Waals surface area contributed by atoms with Crippen LogP contribution < -0.4 is 15.5 Å². The highest BCUT2D eigenvalue weighted by Crippen LogP contribution is 2.31. The average Bonchev–Trinajstić information content (AvgIpc) is 3.32. The normalized spacial score (nSPS) is 13.4. The number of alkyl halides is 2. The third-order valence-corrected chi connectivity index (χ3v) is 7.04. The summed E-state index contributed by atoms with van der Waals surface area (Å²) in [7, 11) is 0. The summed E-state index contributed by atoms with van der Waals surface area (Å²) in [6.45, 7) is 0.818. The zero-order valence-corrected chi connectivity index (χ0v) is 22.4. The number of aromatic nitrogens is 2. The molecule has 5 rings (SSSR count). The highest BCUT2D eigenvalue weighted by atomic mass is 19.3. The Bertz CT molecular complexity index is 1650. The summed E-state index contributed by atoms with van der Waals surface area (Å²) in [5, 5.41) is 19.2. The van der Waals surface area contributed by atoms with Crippen molar-refractivity contribution in [1.29, 1.82) is 0 Å². The molecule has 3 N–H and O–H groups in total. The van der Waals surface area contributed by atoms with E-state index in [1.807, 2.05) is 0 Å². The quantitative estimate of drug-likeness (QED) is 0.239. The average molecular weight is 580 g/mol. The van der Waals surface area contributed by atoms with Gasteiger partial charge in [-0.3, -0.25) is 19.1 Å². The number of hydrogen-bond donors (Lipinski definition) is 3. The predicted molar refractivity (Wildman–Crippen MR) is 152 cm³/mol. The molecule has 0 unspecified atom stereocenters. The first-order valence-corrected chi connectivity index (χ1v) is 13.4. The molecule has 0 atom stereocenters. The Morgan fingerprint density at radius 1 is 0.905 bits per heavy atom. The van der Waals surface area contributed by atoms with Crippen LogP contribution in [0.4, 0.5) is 30.2 Å². The highest BCUT2D eigenvalue weighted by Gasteiger charge is 2.23. The van der Waals surface area contributed by atoms with Gasteiger partial charge >= 0.3 is 5.97 Å². The summed E-state index contributed by atoms with van der Waals surface area (Å²) in [6, 6.07) is 14.8. The molecule has 12 heteroatoms. The van der Waals surface area contributed by atoms with Gasteiger partial charge in [-0.1, -0.05) is 18.2 Å². The van der Waals surface area contributed by atoms with Crippen molar-refractivity contribution >= 4 is 45.7 Å². The van der Waals surface area contributed by atoms with Gasteiger partial charge in [-0.15, -0.1) is 0 Å². The van der Waals surface area contributed by atoms with Crippen LogP contribution in [0.1, 0.15) is 45.7 Å². The number of carbonyl (C=O) groups excluding carboxylic acids is 2. The van der Waals surface area contributed by atoms with E-state index in [0.29, 0.717) is 22.3 Å². The molecule has 42 heavy (non-hydrogen) atoms. The lowest BCUT2D eigenvalue weighted by molar-refractivity contribution is -0.136.